The van der Waals surface area contributed by atoms with Gasteiger partial charge in [-0.1, -0.05) is 0 Å². The van der Waals surface area contributed by atoms with E-state index in [1.165, 1.54) is 12.0 Å². The van der Waals surface area contributed by atoms with Gasteiger partial charge in [0.15, 0.2) is 10.4 Å². The van der Waals surface area contributed by atoms with Crippen LogP contribution in [-0.4, -0.2) is 30.9 Å². The fraction of sp³-hybridized carbons (Fsp3) is 0.286. The number of nitrogens with zero attached hydrogens (tertiary/aromatic N) is 1. The zero-order valence-corrected chi connectivity index (χ0v) is 13.4. The molecule has 0 N–H and O–H groups in total. The van der Waals surface area contributed by atoms with Crippen molar-refractivity contribution in [3.8, 4) is 0 Å². The third-order valence-corrected chi connectivity index (χ3v) is 3.32. The fourth-order valence-electron chi connectivity index (χ4n) is 1.86. The second-order valence-electron chi connectivity index (χ2n) is 4.44. The highest BCUT2D eigenvalue weighted by Crippen LogP contribution is 2.19. The number of rotatable bonds is 4. The number of esters is 1. The van der Waals surface area contributed by atoms with Crippen molar-refractivity contribution in [2.45, 2.75) is 13.5 Å². The summed E-state index contributed by atoms with van der Waals surface area (Å²) in [5.74, 6) is 0.425. The standard InChI is InChI=1S/C14H14BrNO5/c1-8-10(14(18)19-3)6-9(20-8)7-16(2)13(17)11-4-5-12(15)21-11/h4-6H,7H2,1-3H3. The fourth-order valence-corrected chi connectivity index (χ4v) is 2.16. The van der Waals surface area contributed by atoms with Crippen molar-refractivity contribution in [3.63, 3.8) is 0 Å². The number of carbonyl (C=O) groups is 2. The number of aryl methyl sites for hydroxylation is 1. The Bertz CT molecular complexity index is 673. The molecule has 21 heavy (non-hydrogen) atoms. The van der Waals surface area contributed by atoms with Crippen LogP contribution in [0.15, 0.2) is 31.7 Å². The summed E-state index contributed by atoms with van der Waals surface area (Å²) in [5, 5.41) is 0. The van der Waals surface area contributed by atoms with Gasteiger partial charge in [-0.3, -0.25) is 4.79 Å². The lowest BCUT2D eigenvalue weighted by Gasteiger charge is -2.13. The summed E-state index contributed by atoms with van der Waals surface area (Å²) in [6.45, 7) is 1.89. The van der Waals surface area contributed by atoms with Crippen molar-refractivity contribution in [1.29, 1.82) is 0 Å². The summed E-state index contributed by atoms with van der Waals surface area (Å²) in [6, 6.07) is 4.80. The number of hydrogen-bond acceptors (Lipinski definition) is 5. The van der Waals surface area contributed by atoms with Gasteiger partial charge in [0.25, 0.3) is 5.91 Å². The maximum absolute atomic E-state index is 12.1. The van der Waals surface area contributed by atoms with Crippen LogP contribution < -0.4 is 0 Å². The van der Waals surface area contributed by atoms with Crippen LogP contribution in [0, 0.1) is 6.92 Å². The van der Waals surface area contributed by atoms with Crippen molar-refractivity contribution in [2.24, 2.45) is 0 Å². The minimum atomic E-state index is -0.466. The summed E-state index contributed by atoms with van der Waals surface area (Å²) in [6.07, 6.45) is 0. The van der Waals surface area contributed by atoms with Gasteiger partial charge in [0.2, 0.25) is 0 Å². The van der Waals surface area contributed by atoms with Gasteiger partial charge in [0.05, 0.1) is 13.7 Å². The molecular formula is C14H14BrNO5. The van der Waals surface area contributed by atoms with Crippen molar-refractivity contribution in [1.82, 2.24) is 4.90 Å². The van der Waals surface area contributed by atoms with Gasteiger partial charge in [-0.15, -0.1) is 0 Å². The molecule has 0 aliphatic rings. The van der Waals surface area contributed by atoms with E-state index in [-0.39, 0.29) is 18.2 Å². The van der Waals surface area contributed by atoms with Crippen LogP contribution in [0.5, 0.6) is 0 Å². The van der Waals surface area contributed by atoms with Crippen LogP contribution in [0.2, 0.25) is 0 Å². The molecule has 2 aromatic rings. The van der Waals surface area contributed by atoms with E-state index in [2.05, 4.69) is 20.7 Å². The van der Waals surface area contributed by atoms with Crippen molar-refractivity contribution in [2.75, 3.05) is 14.2 Å². The number of ether oxygens (including phenoxy) is 1. The van der Waals surface area contributed by atoms with E-state index in [1.807, 2.05) is 0 Å². The lowest BCUT2D eigenvalue weighted by Crippen LogP contribution is -2.25. The summed E-state index contributed by atoms with van der Waals surface area (Å²) in [5.41, 5.74) is 0.356. The molecule has 6 nitrogen and oxygen atoms in total. The molecule has 0 aromatic carbocycles. The number of furan rings is 2. The maximum atomic E-state index is 12.1. The molecule has 2 heterocycles. The number of amides is 1. The first kappa shape index (κ1) is 15.4. The van der Waals surface area contributed by atoms with Gasteiger partial charge in [-0.05, 0) is 41.1 Å². The maximum Gasteiger partial charge on any atom is 0.341 e. The normalized spacial score (nSPS) is 10.5. The van der Waals surface area contributed by atoms with Gasteiger partial charge in [-0.25, -0.2) is 4.79 Å². The molecule has 0 saturated heterocycles. The average molecular weight is 356 g/mol. The number of halogens is 1. The first-order valence-electron chi connectivity index (χ1n) is 6.10. The molecule has 112 valence electrons. The molecule has 2 aromatic heterocycles. The Balaban J connectivity index is 2.11. The first-order valence-corrected chi connectivity index (χ1v) is 6.90. The van der Waals surface area contributed by atoms with Gasteiger partial charge < -0.3 is 18.5 Å². The molecule has 0 bridgehead atoms. The highest BCUT2D eigenvalue weighted by atomic mass is 79.9. The SMILES string of the molecule is COC(=O)c1cc(CN(C)C(=O)c2ccc(Br)o2)oc1C. The Kier molecular flexibility index (Phi) is 4.52. The Morgan fingerprint density at radius 2 is 2.05 bits per heavy atom. The van der Waals surface area contributed by atoms with E-state index in [4.69, 9.17) is 8.83 Å². The van der Waals surface area contributed by atoms with E-state index in [1.54, 1.807) is 32.2 Å². The molecule has 0 aliphatic carbocycles. The molecule has 2 rings (SSSR count). The molecule has 0 unspecified atom stereocenters. The first-order chi connectivity index (χ1) is 9.92. The summed E-state index contributed by atoms with van der Waals surface area (Å²) in [4.78, 5) is 25.1. The predicted molar refractivity (Wildman–Crippen MR) is 77.0 cm³/mol. The molecule has 1 amide bonds. The third-order valence-electron chi connectivity index (χ3n) is 2.90. The molecule has 0 saturated carbocycles. The number of hydrogen-bond donors (Lipinski definition) is 0. The molecule has 0 fully saturated rings. The second-order valence-corrected chi connectivity index (χ2v) is 5.22. The van der Waals surface area contributed by atoms with Crippen LogP contribution in [0.25, 0.3) is 0 Å². The number of carbonyl (C=O) groups excluding carboxylic acids is 2. The van der Waals surface area contributed by atoms with Crippen molar-refractivity contribution < 1.29 is 23.2 Å². The zero-order valence-electron chi connectivity index (χ0n) is 11.8. The monoisotopic (exact) mass is 355 g/mol. The van der Waals surface area contributed by atoms with Crippen LogP contribution in [0.4, 0.5) is 0 Å². The Labute approximate surface area is 129 Å². The Morgan fingerprint density at radius 1 is 1.33 bits per heavy atom. The lowest BCUT2D eigenvalue weighted by atomic mass is 10.2. The van der Waals surface area contributed by atoms with Crippen LogP contribution in [0.1, 0.15) is 32.4 Å². The van der Waals surface area contributed by atoms with Crippen LogP contribution in [0.3, 0.4) is 0 Å². The molecule has 0 spiro atoms. The largest absolute Gasteiger partial charge is 0.465 e. The Morgan fingerprint density at radius 3 is 2.62 bits per heavy atom. The highest BCUT2D eigenvalue weighted by molar-refractivity contribution is 9.10. The van der Waals surface area contributed by atoms with Crippen LogP contribution in [-0.2, 0) is 11.3 Å². The molecule has 0 radical (unpaired) electrons. The molecule has 7 heteroatoms. The minimum Gasteiger partial charge on any atom is -0.465 e. The van der Waals surface area contributed by atoms with E-state index in [0.29, 0.717) is 21.8 Å². The number of methoxy groups -OCH3 is 1. The van der Waals surface area contributed by atoms with Gasteiger partial charge in [0, 0.05) is 7.05 Å². The Hall–Kier alpha value is -2.02. The molecule has 0 atom stereocenters. The third kappa shape index (κ3) is 3.36. The van der Waals surface area contributed by atoms with E-state index < -0.39 is 5.97 Å². The zero-order chi connectivity index (χ0) is 15.6. The van der Waals surface area contributed by atoms with E-state index >= 15 is 0 Å². The molecule has 0 aliphatic heterocycles. The van der Waals surface area contributed by atoms with Crippen molar-refractivity contribution >= 4 is 27.8 Å². The average Bonchev–Trinajstić information content (AvgIpc) is 3.03. The van der Waals surface area contributed by atoms with Crippen molar-refractivity contribution in [3.05, 3.63) is 45.7 Å². The van der Waals surface area contributed by atoms with Gasteiger partial charge >= 0.3 is 5.97 Å². The molecular weight excluding hydrogens is 342 g/mol. The van der Waals surface area contributed by atoms with E-state index in [0.717, 1.165) is 0 Å². The summed E-state index contributed by atoms with van der Waals surface area (Å²) < 4.78 is 15.8. The predicted octanol–water partition coefficient (Wildman–Crippen LogP) is 3.00. The minimum absolute atomic E-state index is 0.217. The second kappa shape index (κ2) is 6.17. The quantitative estimate of drug-likeness (QED) is 0.788. The summed E-state index contributed by atoms with van der Waals surface area (Å²) in [7, 11) is 2.92. The van der Waals surface area contributed by atoms with Gasteiger partial charge in [0.1, 0.15) is 17.1 Å². The summed E-state index contributed by atoms with van der Waals surface area (Å²) >= 11 is 3.15. The van der Waals surface area contributed by atoms with Crippen LogP contribution >= 0.6 is 15.9 Å². The van der Waals surface area contributed by atoms with E-state index in [9.17, 15) is 9.59 Å². The lowest BCUT2D eigenvalue weighted by molar-refractivity contribution is 0.0598. The topological polar surface area (TPSA) is 72.9 Å². The van der Waals surface area contributed by atoms with Gasteiger partial charge in [-0.2, -0.15) is 0 Å². The smallest absolute Gasteiger partial charge is 0.341 e. The highest BCUT2D eigenvalue weighted by Gasteiger charge is 2.20.